The summed E-state index contributed by atoms with van der Waals surface area (Å²) in [5.74, 6) is -0.184. The van der Waals surface area contributed by atoms with E-state index in [4.69, 9.17) is 9.47 Å². The normalized spacial score (nSPS) is 20.8. The van der Waals surface area contributed by atoms with Crippen molar-refractivity contribution in [3.63, 3.8) is 0 Å². The molecular formula is C51H95NO8. The Hall–Kier alpha value is -1.59. The second kappa shape index (κ2) is 41.4. The van der Waals surface area contributed by atoms with E-state index in [0.29, 0.717) is 6.42 Å². The molecule has 0 bridgehead atoms. The molecule has 60 heavy (non-hydrogen) atoms. The van der Waals surface area contributed by atoms with Crippen molar-refractivity contribution in [1.29, 1.82) is 0 Å². The van der Waals surface area contributed by atoms with Gasteiger partial charge in [-0.15, -0.1) is 0 Å². The molecule has 9 heteroatoms. The number of ether oxygens (including phenoxy) is 2. The van der Waals surface area contributed by atoms with Crippen LogP contribution in [0.1, 0.15) is 226 Å². The fourth-order valence-corrected chi connectivity index (χ4v) is 7.89. The second-order valence-electron chi connectivity index (χ2n) is 17.6. The molecule has 7 unspecified atom stereocenters. The average Bonchev–Trinajstić information content (AvgIpc) is 3.25. The van der Waals surface area contributed by atoms with Crippen LogP contribution >= 0.6 is 0 Å². The molecule has 1 amide bonds. The summed E-state index contributed by atoms with van der Waals surface area (Å²) in [5.41, 5.74) is 0. The highest BCUT2D eigenvalue weighted by molar-refractivity contribution is 5.76. The molecule has 0 aromatic rings. The first-order valence-corrected chi connectivity index (χ1v) is 25.2. The Morgan fingerprint density at radius 1 is 0.567 bits per heavy atom. The summed E-state index contributed by atoms with van der Waals surface area (Å²) in [7, 11) is 0. The van der Waals surface area contributed by atoms with Crippen LogP contribution in [0.3, 0.4) is 0 Å². The third-order valence-electron chi connectivity index (χ3n) is 12.0. The smallest absolute Gasteiger partial charge is 0.220 e. The molecule has 9 nitrogen and oxygen atoms in total. The monoisotopic (exact) mass is 850 g/mol. The van der Waals surface area contributed by atoms with Crippen molar-refractivity contribution < 1.29 is 39.8 Å². The van der Waals surface area contributed by atoms with Gasteiger partial charge >= 0.3 is 0 Å². The Labute approximate surface area is 368 Å². The number of amides is 1. The number of rotatable bonds is 42. The van der Waals surface area contributed by atoms with Gasteiger partial charge in [0.1, 0.15) is 24.4 Å². The lowest BCUT2D eigenvalue weighted by atomic mass is 9.99. The summed E-state index contributed by atoms with van der Waals surface area (Å²) in [4.78, 5) is 13.0. The number of carbonyl (C=O) groups excluding carboxylic acids is 1. The fraction of sp³-hybridized carbons (Fsp3) is 0.863. The summed E-state index contributed by atoms with van der Waals surface area (Å²) < 4.78 is 11.2. The van der Waals surface area contributed by atoms with E-state index in [2.05, 4.69) is 43.5 Å². The van der Waals surface area contributed by atoms with Gasteiger partial charge in [0.2, 0.25) is 5.91 Å². The van der Waals surface area contributed by atoms with Gasteiger partial charge in [-0.25, -0.2) is 0 Å². The molecule has 0 saturated carbocycles. The van der Waals surface area contributed by atoms with Crippen molar-refractivity contribution in [1.82, 2.24) is 5.32 Å². The van der Waals surface area contributed by atoms with Gasteiger partial charge in [0, 0.05) is 6.42 Å². The summed E-state index contributed by atoms with van der Waals surface area (Å²) >= 11 is 0. The summed E-state index contributed by atoms with van der Waals surface area (Å²) in [6, 6.07) is -0.808. The Morgan fingerprint density at radius 2 is 0.983 bits per heavy atom. The largest absolute Gasteiger partial charge is 0.394 e. The van der Waals surface area contributed by atoms with E-state index >= 15 is 0 Å². The zero-order valence-electron chi connectivity index (χ0n) is 38.7. The molecule has 6 N–H and O–H groups in total. The van der Waals surface area contributed by atoms with E-state index in [-0.39, 0.29) is 12.5 Å². The topological polar surface area (TPSA) is 149 Å². The van der Waals surface area contributed by atoms with Crippen LogP contribution in [0.15, 0.2) is 36.5 Å². The van der Waals surface area contributed by atoms with Gasteiger partial charge in [-0.05, 0) is 51.4 Å². The first-order chi connectivity index (χ1) is 29.3. The molecular weight excluding hydrogens is 755 g/mol. The number of aliphatic hydroxyl groups is 5. The second-order valence-corrected chi connectivity index (χ2v) is 17.6. The first kappa shape index (κ1) is 56.4. The lowest BCUT2D eigenvalue weighted by Crippen LogP contribution is -2.60. The number of nitrogens with one attached hydrogen (secondary N) is 1. The Balaban J connectivity index is 2.32. The molecule has 1 rings (SSSR count). The number of hydrogen-bond acceptors (Lipinski definition) is 8. The minimum Gasteiger partial charge on any atom is -0.394 e. The van der Waals surface area contributed by atoms with Crippen molar-refractivity contribution in [2.75, 3.05) is 13.2 Å². The highest BCUT2D eigenvalue weighted by Crippen LogP contribution is 2.23. The zero-order chi connectivity index (χ0) is 43.7. The van der Waals surface area contributed by atoms with Crippen LogP contribution in [0.25, 0.3) is 0 Å². The molecule has 7 atom stereocenters. The van der Waals surface area contributed by atoms with E-state index in [1.54, 1.807) is 6.08 Å². The SMILES string of the molecule is CCCCCC/C=C\C/C=C\CCCCCCCCCC(=O)NC(COC1OC(CO)C(O)C(O)C1O)C(O)/C=C/CCCCCCCCCCCCCCCCCCC. The zero-order valence-corrected chi connectivity index (χ0v) is 38.7. The maximum Gasteiger partial charge on any atom is 0.220 e. The van der Waals surface area contributed by atoms with E-state index in [0.717, 1.165) is 57.8 Å². The minimum absolute atomic E-state index is 0.184. The van der Waals surface area contributed by atoms with Crippen LogP contribution in [0.4, 0.5) is 0 Å². The van der Waals surface area contributed by atoms with Crippen LogP contribution in [-0.4, -0.2) is 87.5 Å². The highest BCUT2D eigenvalue weighted by Gasteiger charge is 2.44. The number of aliphatic hydroxyl groups excluding tert-OH is 5. The standard InChI is InChI=1S/C51H95NO8/c1-3-5-7-9-11-13-15-17-19-21-23-24-26-28-30-32-34-36-38-40-45(54)44(43-59-51-50(58)49(57)48(56)46(42-53)60-51)52-47(55)41-39-37-35-33-31-29-27-25-22-20-18-16-14-12-10-8-6-4-2/h14,16,20,22,38,40,44-46,48-51,53-54,56-58H,3-13,15,17-19,21,23-37,39,41-43H2,1-2H3,(H,52,55)/b16-14-,22-20-,40-38+. The van der Waals surface area contributed by atoms with Crippen LogP contribution < -0.4 is 5.32 Å². The van der Waals surface area contributed by atoms with Gasteiger partial charge in [0.25, 0.3) is 0 Å². The summed E-state index contributed by atoms with van der Waals surface area (Å²) in [5, 5.41) is 54.3. The van der Waals surface area contributed by atoms with Gasteiger partial charge in [-0.2, -0.15) is 0 Å². The minimum atomic E-state index is -1.57. The van der Waals surface area contributed by atoms with Crippen molar-refractivity contribution in [3.8, 4) is 0 Å². The van der Waals surface area contributed by atoms with Crippen molar-refractivity contribution in [3.05, 3.63) is 36.5 Å². The molecule has 1 saturated heterocycles. The number of unbranched alkanes of at least 4 members (excludes halogenated alkanes) is 28. The quantitative estimate of drug-likeness (QED) is 0.0263. The number of hydrogen-bond donors (Lipinski definition) is 6. The highest BCUT2D eigenvalue weighted by atomic mass is 16.7. The molecule has 1 fully saturated rings. The number of carbonyl (C=O) groups is 1. The predicted molar refractivity (Wildman–Crippen MR) is 249 cm³/mol. The Bertz CT molecular complexity index is 1030. The molecule has 352 valence electrons. The molecule has 1 aliphatic rings. The van der Waals surface area contributed by atoms with Gasteiger partial charge in [-0.1, -0.05) is 204 Å². The molecule has 0 aromatic carbocycles. The van der Waals surface area contributed by atoms with Gasteiger partial charge < -0.3 is 40.3 Å². The third kappa shape index (κ3) is 31.3. The maximum absolute atomic E-state index is 13.0. The van der Waals surface area contributed by atoms with Crippen molar-refractivity contribution in [2.45, 2.75) is 269 Å². The number of allylic oxidation sites excluding steroid dienone is 5. The lowest BCUT2D eigenvalue weighted by Gasteiger charge is -2.40. The van der Waals surface area contributed by atoms with Crippen LogP contribution in [0.5, 0.6) is 0 Å². The Morgan fingerprint density at radius 3 is 1.45 bits per heavy atom. The van der Waals surface area contributed by atoms with Crippen molar-refractivity contribution in [2.24, 2.45) is 0 Å². The molecule has 0 radical (unpaired) electrons. The van der Waals surface area contributed by atoms with E-state index < -0.39 is 49.5 Å². The van der Waals surface area contributed by atoms with E-state index in [1.165, 1.54) is 148 Å². The van der Waals surface area contributed by atoms with Crippen molar-refractivity contribution >= 4 is 5.91 Å². The fourth-order valence-electron chi connectivity index (χ4n) is 7.89. The van der Waals surface area contributed by atoms with E-state index in [9.17, 15) is 30.3 Å². The molecule has 1 aliphatic heterocycles. The predicted octanol–water partition coefficient (Wildman–Crippen LogP) is 11.2. The van der Waals surface area contributed by atoms with Gasteiger partial charge in [0.15, 0.2) is 6.29 Å². The van der Waals surface area contributed by atoms with Crippen LogP contribution in [-0.2, 0) is 14.3 Å². The first-order valence-electron chi connectivity index (χ1n) is 25.2. The van der Waals surface area contributed by atoms with E-state index in [1.807, 2.05) is 6.08 Å². The van der Waals surface area contributed by atoms with Gasteiger partial charge in [0.05, 0.1) is 25.4 Å². The lowest BCUT2D eigenvalue weighted by molar-refractivity contribution is -0.302. The summed E-state index contributed by atoms with van der Waals surface area (Å²) in [6.07, 6.45) is 44.7. The van der Waals surface area contributed by atoms with Gasteiger partial charge in [-0.3, -0.25) is 4.79 Å². The maximum atomic E-state index is 13.0. The van der Waals surface area contributed by atoms with Crippen LogP contribution in [0, 0.1) is 0 Å². The molecule has 0 spiro atoms. The summed E-state index contributed by atoms with van der Waals surface area (Å²) in [6.45, 7) is 3.76. The molecule has 0 aliphatic carbocycles. The third-order valence-corrected chi connectivity index (χ3v) is 12.0. The Kier molecular flexibility index (Phi) is 39.0. The molecule has 0 aromatic heterocycles. The average molecular weight is 850 g/mol. The molecule has 1 heterocycles. The van der Waals surface area contributed by atoms with Crippen LogP contribution in [0.2, 0.25) is 0 Å².